The maximum atomic E-state index is 11.9. The van der Waals surface area contributed by atoms with Crippen molar-refractivity contribution < 1.29 is 9.32 Å². The molecule has 0 saturated heterocycles. The third-order valence-electron chi connectivity index (χ3n) is 2.76. The summed E-state index contributed by atoms with van der Waals surface area (Å²) in [6.07, 6.45) is 1.85. The zero-order valence-electron chi connectivity index (χ0n) is 11.6. The average Bonchev–Trinajstić information content (AvgIpc) is 2.76. The van der Waals surface area contributed by atoms with E-state index >= 15 is 0 Å². The number of ketones is 1. The number of hydrogen-bond donors (Lipinski definition) is 0. The molecule has 0 fully saturated rings. The highest BCUT2D eigenvalue weighted by Crippen LogP contribution is 2.19. The van der Waals surface area contributed by atoms with E-state index in [9.17, 15) is 4.79 Å². The van der Waals surface area contributed by atoms with E-state index in [1.54, 1.807) is 6.20 Å². The van der Waals surface area contributed by atoms with Gasteiger partial charge in [0.25, 0.3) is 0 Å². The Labute approximate surface area is 112 Å². The van der Waals surface area contributed by atoms with Crippen LogP contribution in [0.4, 0.5) is 0 Å². The summed E-state index contributed by atoms with van der Waals surface area (Å²) < 4.78 is 5.10. The van der Waals surface area contributed by atoms with Crippen LogP contribution in [0.15, 0.2) is 22.9 Å². The molecular formula is C14H17N3O2. The average molecular weight is 259 g/mol. The highest BCUT2D eigenvalue weighted by molar-refractivity contribution is 5.85. The maximum Gasteiger partial charge on any atom is 0.234 e. The summed E-state index contributed by atoms with van der Waals surface area (Å²) in [6.45, 7) is 7.58. The minimum Gasteiger partial charge on any atom is -0.338 e. The molecule has 2 heterocycles. The zero-order chi connectivity index (χ0) is 14.0. The molecule has 2 aromatic rings. The molecule has 0 N–H and O–H groups in total. The van der Waals surface area contributed by atoms with Gasteiger partial charge in [0, 0.05) is 11.6 Å². The number of carbonyl (C=O) groups excluding carboxylic acids is 1. The zero-order valence-corrected chi connectivity index (χ0v) is 11.6. The molecule has 0 spiro atoms. The van der Waals surface area contributed by atoms with Crippen molar-refractivity contribution in [3.63, 3.8) is 0 Å². The lowest BCUT2D eigenvalue weighted by atomic mass is 9.89. The number of aryl methyl sites for hydroxylation is 1. The van der Waals surface area contributed by atoms with E-state index in [-0.39, 0.29) is 12.2 Å². The van der Waals surface area contributed by atoms with Gasteiger partial charge in [-0.15, -0.1) is 0 Å². The van der Waals surface area contributed by atoms with E-state index < -0.39 is 5.41 Å². The molecule has 0 unspecified atom stereocenters. The maximum absolute atomic E-state index is 11.9. The fourth-order valence-electron chi connectivity index (χ4n) is 1.49. The summed E-state index contributed by atoms with van der Waals surface area (Å²) in [5, 5.41) is 3.86. The number of Topliss-reactive ketones (excluding diaryl/α,β-unsaturated/α-hetero) is 1. The van der Waals surface area contributed by atoms with Crippen molar-refractivity contribution in [3.8, 4) is 11.5 Å². The van der Waals surface area contributed by atoms with Gasteiger partial charge >= 0.3 is 0 Å². The summed E-state index contributed by atoms with van der Waals surface area (Å²) in [5.74, 6) is 0.818. The van der Waals surface area contributed by atoms with Crippen LogP contribution in [0.5, 0.6) is 0 Å². The van der Waals surface area contributed by atoms with E-state index in [0.717, 1.165) is 5.56 Å². The van der Waals surface area contributed by atoms with Gasteiger partial charge in [0.05, 0.1) is 6.42 Å². The van der Waals surface area contributed by atoms with Gasteiger partial charge in [0.1, 0.15) is 11.5 Å². The summed E-state index contributed by atoms with van der Waals surface area (Å²) >= 11 is 0. The molecule has 0 aliphatic heterocycles. The molecule has 0 amide bonds. The van der Waals surface area contributed by atoms with Crippen LogP contribution in [0.2, 0.25) is 0 Å². The number of nitrogens with zero attached hydrogens (tertiary/aromatic N) is 3. The predicted molar refractivity (Wildman–Crippen MR) is 70.4 cm³/mol. The summed E-state index contributed by atoms with van der Waals surface area (Å²) in [5.41, 5.74) is 1.32. The normalized spacial score (nSPS) is 11.6. The SMILES string of the molecule is Cc1ccnc(-c2noc(CC(=O)C(C)(C)C)n2)c1. The topological polar surface area (TPSA) is 68.9 Å². The Morgan fingerprint density at radius 2 is 2.11 bits per heavy atom. The van der Waals surface area contributed by atoms with Crippen LogP contribution >= 0.6 is 0 Å². The standard InChI is InChI=1S/C14H17N3O2/c1-9-5-6-15-10(7-9)13-16-12(19-17-13)8-11(18)14(2,3)4/h5-7H,8H2,1-4H3. The van der Waals surface area contributed by atoms with Crippen LogP contribution in [0, 0.1) is 12.3 Å². The first-order valence-electron chi connectivity index (χ1n) is 6.15. The van der Waals surface area contributed by atoms with Gasteiger partial charge < -0.3 is 4.52 Å². The summed E-state index contributed by atoms with van der Waals surface area (Å²) in [6, 6.07) is 3.77. The van der Waals surface area contributed by atoms with E-state index in [0.29, 0.717) is 17.4 Å². The molecular weight excluding hydrogens is 242 g/mol. The highest BCUT2D eigenvalue weighted by Gasteiger charge is 2.24. The molecule has 100 valence electrons. The minimum atomic E-state index is -0.407. The first-order chi connectivity index (χ1) is 8.86. The van der Waals surface area contributed by atoms with Gasteiger partial charge in [0.2, 0.25) is 11.7 Å². The largest absolute Gasteiger partial charge is 0.338 e. The van der Waals surface area contributed by atoms with E-state index in [2.05, 4.69) is 15.1 Å². The van der Waals surface area contributed by atoms with Crippen LogP contribution in [0.3, 0.4) is 0 Å². The minimum absolute atomic E-state index is 0.0694. The summed E-state index contributed by atoms with van der Waals surface area (Å²) in [7, 11) is 0. The first-order valence-corrected chi connectivity index (χ1v) is 6.15. The van der Waals surface area contributed by atoms with Gasteiger partial charge in [-0.25, -0.2) is 0 Å². The molecule has 5 nitrogen and oxygen atoms in total. The van der Waals surface area contributed by atoms with Crippen molar-refractivity contribution >= 4 is 5.78 Å². The van der Waals surface area contributed by atoms with Crippen LogP contribution in [-0.2, 0) is 11.2 Å². The molecule has 2 rings (SSSR count). The molecule has 0 bridgehead atoms. The highest BCUT2D eigenvalue weighted by atomic mass is 16.5. The second-order valence-corrected chi connectivity index (χ2v) is 5.58. The Morgan fingerprint density at radius 1 is 1.37 bits per heavy atom. The molecule has 0 aromatic carbocycles. The monoisotopic (exact) mass is 259 g/mol. The van der Waals surface area contributed by atoms with Crippen LogP contribution in [0.1, 0.15) is 32.2 Å². The molecule has 19 heavy (non-hydrogen) atoms. The Morgan fingerprint density at radius 3 is 2.74 bits per heavy atom. The Hall–Kier alpha value is -2.04. The van der Waals surface area contributed by atoms with Crippen molar-refractivity contribution in [2.45, 2.75) is 34.1 Å². The Kier molecular flexibility index (Phi) is 3.46. The van der Waals surface area contributed by atoms with Gasteiger partial charge in [-0.05, 0) is 24.6 Å². The van der Waals surface area contributed by atoms with Crippen molar-refractivity contribution in [1.82, 2.24) is 15.1 Å². The van der Waals surface area contributed by atoms with Crippen molar-refractivity contribution in [1.29, 1.82) is 0 Å². The van der Waals surface area contributed by atoms with Crippen molar-refractivity contribution in [3.05, 3.63) is 29.8 Å². The lowest BCUT2D eigenvalue weighted by Crippen LogP contribution is -2.22. The third kappa shape index (κ3) is 3.24. The van der Waals surface area contributed by atoms with E-state index in [1.807, 2.05) is 39.8 Å². The van der Waals surface area contributed by atoms with E-state index in [4.69, 9.17) is 4.52 Å². The van der Waals surface area contributed by atoms with Gasteiger partial charge in [-0.1, -0.05) is 25.9 Å². The molecule has 0 atom stereocenters. The molecule has 0 radical (unpaired) electrons. The number of rotatable bonds is 3. The fraction of sp³-hybridized carbons (Fsp3) is 0.429. The van der Waals surface area contributed by atoms with Crippen molar-refractivity contribution in [2.75, 3.05) is 0 Å². The Bertz CT molecular complexity index is 597. The Balaban J connectivity index is 2.18. The number of pyridine rings is 1. The first kappa shape index (κ1) is 13.4. The number of aromatic nitrogens is 3. The quantitative estimate of drug-likeness (QED) is 0.847. The van der Waals surface area contributed by atoms with Crippen LogP contribution in [-0.4, -0.2) is 20.9 Å². The van der Waals surface area contributed by atoms with E-state index in [1.165, 1.54) is 0 Å². The van der Waals surface area contributed by atoms with Crippen molar-refractivity contribution in [2.24, 2.45) is 5.41 Å². The van der Waals surface area contributed by atoms with Gasteiger partial charge in [-0.2, -0.15) is 4.98 Å². The second kappa shape index (κ2) is 4.91. The molecule has 2 aromatic heterocycles. The summed E-state index contributed by atoms with van der Waals surface area (Å²) in [4.78, 5) is 20.3. The van der Waals surface area contributed by atoms with Crippen LogP contribution in [0.25, 0.3) is 11.5 Å². The lowest BCUT2D eigenvalue weighted by Gasteiger charge is -2.14. The van der Waals surface area contributed by atoms with Gasteiger partial charge in [-0.3, -0.25) is 9.78 Å². The fourth-order valence-corrected chi connectivity index (χ4v) is 1.49. The van der Waals surface area contributed by atoms with Crippen LogP contribution < -0.4 is 0 Å². The molecule has 0 saturated carbocycles. The number of hydrogen-bond acceptors (Lipinski definition) is 5. The second-order valence-electron chi connectivity index (χ2n) is 5.58. The third-order valence-corrected chi connectivity index (χ3v) is 2.76. The molecule has 5 heteroatoms. The smallest absolute Gasteiger partial charge is 0.234 e. The van der Waals surface area contributed by atoms with Gasteiger partial charge in [0.15, 0.2) is 0 Å². The molecule has 0 aliphatic rings. The predicted octanol–water partition coefficient (Wildman–Crippen LogP) is 2.60. The number of carbonyl (C=O) groups is 1. The molecule has 0 aliphatic carbocycles. The lowest BCUT2D eigenvalue weighted by molar-refractivity contribution is -0.125.